The number of aryl methyl sites for hydroxylation is 1. The first-order valence-electron chi connectivity index (χ1n) is 5.82. The molecule has 3 nitrogen and oxygen atoms in total. The molecular formula is C12H19BO3S. The maximum Gasteiger partial charge on any atom is 0.505 e. The van der Waals surface area contributed by atoms with Gasteiger partial charge in [-0.25, -0.2) is 0 Å². The van der Waals surface area contributed by atoms with Gasteiger partial charge in [0.15, 0.2) is 0 Å². The Morgan fingerprint density at radius 2 is 1.76 bits per heavy atom. The third-order valence-electron chi connectivity index (χ3n) is 3.67. The number of hydrogen-bond donors (Lipinski definition) is 1. The van der Waals surface area contributed by atoms with Gasteiger partial charge in [0.2, 0.25) is 0 Å². The van der Waals surface area contributed by atoms with Gasteiger partial charge in [0.1, 0.15) is 0 Å². The molecule has 2 heterocycles. The van der Waals surface area contributed by atoms with Crippen LogP contribution in [0.2, 0.25) is 0 Å². The molecule has 1 N–H and O–H groups in total. The fraction of sp³-hybridized carbons (Fsp3) is 0.667. The molecule has 1 aromatic heterocycles. The van der Waals surface area contributed by atoms with Crippen molar-refractivity contribution in [2.24, 2.45) is 0 Å². The first kappa shape index (κ1) is 13.1. The van der Waals surface area contributed by atoms with E-state index in [-0.39, 0.29) is 24.9 Å². The van der Waals surface area contributed by atoms with E-state index in [0.29, 0.717) is 0 Å². The summed E-state index contributed by atoms with van der Waals surface area (Å²) in [6.45, 7) is 10.2. The SMILES string of the molecule is Cc1cc(B2OC(C)(C)C(C)(C)O2)sc1CO. The fourth-order valence-corrected chi connectivity index (χ4v) is 2.78. The first-order valence-corrected chi connectivity index (χ1v) is 6.64. The molecule has 17 heavy (non-hydrogen) atoms. The lowest BCUT2D eigenvalue weighted by atomic mass is 9.87. The second-order valence-electron chi connectivity index (χ2n) is 5.50. The Bertz CT molecular complexity index is 409. The van der Waals surface area contributed by atoms with Gasteiger partial charge >= 0.3 is 7.12 Å². The van der Waals surface area contributed by atoms with E-state index >= 15 is 0 Å². The molecule has 94 valence electrons. The molecule has 0 bridgehead atoms. The lowest BCUT2D eigenvalue weighted by Crippen LogP contribution is -2.41. The normalized spacial score (nSPS) is 22.1. The van der Waals surface area contributed by atoms with Gasteiger partial charge in [0.05, 0.1) is 17.8 Å². The minimum absolute atomic E-state index is 0.0794. The number of thiophene rings is 1. The highest BCUT2D eigenvalue weighted by Crippen LogP contribution is 2.37. The van der Waals surface area contributed by atoms with Crippen molar-refractivity contribution in [3.05, 3.63) is 16.5 Å². The van der Waals surface area contributed by atoms with Crippen LogP contribution >= 0.6 is 11.3 Å². The molecule has 1 aliphatic heterocycles. The molecule has 0 atom stereocenters. The summed E-state index contributed by atoms with van der Waals surface area (Å²) in [5.74, 6) is 0. The molecule has 2 rings (SSSR count). The van der Waals surface area contributed by atoms with E-state index in [4.69, 9.17) is 9.31 Å². The predicted molar refractivity (Wildman–Crippen MR) is 70.7 cm³/mol. The van der Waals surface area contributed by atoms with E-state index in [0.717, 1.165) is 15.2 Å². The van der Waals surface area contributed by atoms with Crippen LogP contribution in [0.1, 0.15) is 38.1 Å². The van der Waals surface area contributed by atoms with E-state index in [1.807, 2.05) is 40.7 Å². The fourth-order valence-electron chi connectivity index (χ4n) is 1.78. The molecule has 1 saturated heterocycles. The molecule has 0 unspecified atom stereocenters. The van der Waals surface area contributed by atoms with Gasteiger partial charge in [0.25, 0.3) is 0 Å². The van der Waals surface area contributed by atoms with E-state index in [1.165, 1.54) is 0 Å². The van der Waals surface area contributed by atoms with Crippen molar-refractivity contribution < 1.29 is 14.4 Å². The van der Waals surface area contributed by atoms with Crippen LogP contribution in [0.25, 0.3) is 0 Å². The van der Waals surface area contributed by atoms with Crippen molar-refractivity contribution in [1.82, 2.24) is 0 Å². The molecule has 0 aromatic carbocycles. The summed E-state index contributed by atoms with van der Waals surface area (Å²) in [7, 11) is -0.316. The minimum atomic E-state index is -0.316. The van der Waals surface area contributed by atoms with Crippen molar-refractivity contribution in [1.29, 1.82) is 0 Å². The van der Waals surface area contributed by atoms with E-state index < -0.39 is 0 Å². The van der Waals surface area contributed by atoms with Crippen LogP contribution in [0.5, 0.6) is 0 Å². The lowest BCUT2D eigenvalue weighted by molar-refractivity contribution is 0.00578. The number of aliphatic hydroxyl groups is 1. The molecular weight excluding hydrogens is 235 g/mol. The third-order valence-corrected chi connectivity index (χ3v) is 4.91. The Morgan fingerprint density at radius 1 is 1.24 bits per heavy atom. The Labute approximate surface area is 107 Å². The zero-order valence-corrected chi connectivity index (χ0v) is 11.9. The van der Waals surface area contributed by atoms with Crippen molar-refractivity contribution in [2.75, 3.05) is 0 Å². The van der Waals surface area contributed by atoms with Crippen LogP contribution < -0.4 is 4.78 Å². The van der Waals surface area contributed by atoms with E-state index in [2.05, 4.69) is 0 Å². The quantitative estimate of drug-likeness (QED) is 0.818. The maximum atomic E-state index is 9.21. The predicted octanol–water partition coefficient (Wildman–Crippen LogP) is 1.85. The second-order valence-corrected chi connectivity index (χ2v) is 6.67. The van der Waals surface area contributed by atoms with Crippen molar-refractivity contribution in [2.45, 2.75) is 52.4 Å². The summed E-state index contributed by atoms with van der Waals surface area (Å²) in [5.41, 5.74) is 0.478. The maximum absolute atomic E-state index is 9.21. The van der Waals surface area contributed by atoms with Crippen molar-refractivity contribution in [3.63, 3.8) is 0 Å². The van der Waals surface area contributed by atoms with Crippen LogP contribution in [0, 0.1) is 6.92 Å². The first-order chi connectivity index (χ1) is 7.77. The minimum Gasteiger partial charge on any atom is -0.399 e. The van der Waals surface area contributed by atoms with Gasteiger partial charge in [-0.3, -0.25) is 0 Å². The molecule has 1 aliphatic rings. The summed E-state index contributed by atoms with van der Waals surface area (Å²) >= 11 is 1.56. The lowest BCUT2D eigenvalue weighted by Gasteiger charge is -2.32. The van der Waals surface area contributed by atoms with Crippen LogP contribution in [-0.2, 0) is 15.9 Å². The average molecular weight is 254 g/mol. The standard InChI is InChI=1S/C12H19BO3S/c1-8-6-10(17-9(8)7-14)13-15-11(2,3)12(4,5)16-13/h6,14H,7H2,1-5H3. The molecule has 1 aromatic rings. The second kappa shape index (κ2) is 4.09. The summed E-state index contributed by atoms with van der Waals surface area (Å²) < 4.78 is 13.0. The Hall–Kier alpha value is -0.355. The summed E-state index contributed by atoms with van der Waals surface area (Å²) in [4.78, 5) is 0.981. The van der Waals surface area contributed by atoms with Gasteiger partial charge in [-0.15, -0.1) is 11.3 Å². The van der Waals surface area contributed by atoms with Crippen LogP contribution in [0.3, 0.4) is 0 Å². The van der Waals surface area contributed by atoms with E-state index in [9.17, 15) is 5.11 Å². The monoisotopic (exact) mass is 254 g/mol. The van der Waals surface area contributed by atoms with Crippen molar-refractivity contribution >= 4 is 23.2 Å². The highest BCUT2D eigenvalue weighted by Gasteiger charge is 2.52. The summed E-state index contributed by atoms with van der Waals surface area (Å²) in [6, 6.07) is 2.04. The smallest absolute Gasteiger partial charge is 0.399 e. The molecule has 0 spiro atoms. The van der Waals surface area contributed by atoms with Gasteiger partial charge in [-0.1, -0.05) is 0 Å². The van der Waals surface area contributed by atoms with Gasteiger partial charge < -0.3 is 14.4 Å². The highest BCUT2D eigenvalue weighted by molar-refractivity contribution is 7.22. The summed E-state index contributed by atoms with van der Waals surface area (Å²) in [6.07, 6.45) is 0. The molecule has 0 amide bonds. The molecule has 1 fully saturated rings. The van der Waals surface area contributed by atoms with Crippen LogP contribution in [-0.4, -0.2) is 23.4 Å². The molecule has 0 radical (unpaired) electrons. The van der Waals surface area contributed by atoms with Gasteiger partial charge in [-0.2, -0.15) is 0 Å². The van der Waals surface area contributed by atoms with Crippen LogP contribution in [0.4, 0.5) is 0 Å². The van der Waals surface area contributed by atoms with Crippen LogP contribution in [0.15, 0.2) is 6.07 Å². The third kappa shape index (κ3) is 2.17. The zero-order chi connectivity index (χ0) is 12.8. The highest BCUT2D eigenvalue weighted by atomic mass is 32.1. The summed E-state index contributed by atoms with van der Waals surface area (Å²) in [5, 5.41) is 9.21. The molecule has 5 heteroatoms. The Morgan fingerprint density at radius 3 is 2.18 bits per heavy atom. The zero-order valence-electron chi connectivity index (χ0n) is 11.0. The molecule has 0 aliphatic carbocycles. The van der Waals surface area contributed by atoms with Crippen molar-refractivity contribution in [3.8, 4) is 0 Å². The average Bonchev–Trinajstić information content (AvgIpc) is 2.66. The molecule has 0 saturated carbocycles. The Balaban J connectivity index is 2.26. The topological polar surface area (TPSA) is 38.7 Å². The number of hydrogen-bond acceptors (Lipinski definition) is 4. The van der Waals surface area contributed by atoms with Gasteiger partial charge in [0, 0.05) is 9.65 Å². The number of aliphatic hydroxyl groups excluding tert-OH is 1. The number of rotatable bonds is 2. The van der Waals surface area contributed by atoms with E-state index in [1.54, 1.807) is 11.3 Å². The van der Waals surface area contributed by atoms with Gasteiger partial charge in [-0.05, 0) is 46.2 Å². The Kier molecular flexibility index (Phi) is 3.15. The largest absolute Gasteiger partial charge is 0.505 e.